The lowest BCUT2D eigenvalue weighted by molar-refractivity contribution is 0.446. The van der Waals surface area contributed by atoms with Gasteiger partial charge < -0.3 is 4.42 Å². The van der Waals surface area contributed by atoms with E-state index in [2.05, 4.69) is 25.6 Å². The summed E-state index contributed by atoms with van der Waals surface area (Å²) in [5.74, 6) is 1.48. The maximum atomic E-state index is 5.69. The number of aryl methyl sites for hydroxylation is 2. The topological polar surface area (TPSA) is 82.5 Å². The summed E-state index contributed by atoms with van der Waals surface area (Å²) in [4.78, 5) is 1.45. The zero-order valence-corrected chi connectivity index (χ0v) is 13.9. The lowest BCUT2D eigenvalue weighted by Crippen LogP contribution is -2.04. The van der Waals surface area contributed by atoms with E-state index in [-0.39, 0.29) is 6.54 Å². The van der Waals surface area contributed by atoms with Crippen molar-refractivity contribution in [2.24, 2.45) is 0 Å². The molecule has 7 heteroatoms. The Labute approximate surface area is 144 Å². The minimum atomic E-state index is 0.276. The Bertz CT molecular complexity index is 903. The van der Waals surface area contributed by atoms with Crippen LogP contribution in [-0.2, 0) is 6.54 Å². The molecule has 0 saturated heterocycles. The van der Waals surface area contributed by atoms with Gasteiger partial charge in [-0.1, -0.05) is 47.5 Å². The van der Waals surface area contributed by atoms with Crippen LogP contribution in [0.4, 0.5) is 0 Å². The van der Waals surface area contributed by atoms with Gasteiger partial charge in [-0.25, -0.2) is 0 Å². The van der Waals surface area contributed by atoms with Gasteiger partial charge in [0.1, 0.15) is 6.54 Å². The summed E-state index contributed by atoms with van der Waals surface area (Å²) >= 11 is 0. The lowest BCUT2D eigenvalue weighted by atomic mass is 10.1. The molecule has 0 amide bonds. The fourth-order valence-corrected chi connectivity index (χ4v) is 2.38. The van der Waals surface area contributed by atoms with Crippen LogP contribution < -0.4 is 0 Å². The van der Waals surface area contributed by atoms with Gasteiger partial charge in [-0.2, -0.15) is 4.80 Å². The Kier molecular flexibility index (Phi) is 3.81. The molecule has 4 aromatic rings. The van der Waals surface area contributed by atoms with Crippen LogP contribution >= 0.6 is 0 Å². The summed E-state index contributed by atoms with van der Waals surface area (Å²) < 4.78 is 5.69. The van der Waals surface area contributed by atoms with E-state index in [1.165, 1.54) is 15.9 Å². The van der Waals surface area contributed by atoms with E-state index in [1.54, 1.807) is 0 Å². The third kappa shape index (κ3) is 3.30. The number of benzene rings is 2. The summed E-state index contributed by atoms with van der Waals surface area (Å²) in [6, 6.07) is 15.9. The van der Waals surface area contributed by atoms with Crippen molar-refractivity contribution in [3.05, 3.63) is 65.5 Å². The van der Waals surface area contributed by atoms with Gasteiger partial charge in [-0.15, -0.1) is 20.4 Å². The largest absolute Gasteiger partial charge is 0.419 e. The van der Waals surface area contributed by atoms with Crippen molar-refractivity contribution in [1.29, 1.82) is 0 Å². The van der Waals surface area contributed by atoms with Crippen LogP contribution in [0.3, 0.4) is 0 Å². The van der Waals surface area contributed by atoms with E-state index >= 15 is 0 Å². The summed E-state index contributed by atoms with van der Waals surface area (Å²) in [7, 11) is 0. The Balaban J connectivity index is 1.51. The zero-order chi connectivity index (χ0) is 17.2. The molecule has 0 saturated carbocycles. The summed E-state index contributed by atoms with van der Waals surface area (Å²) in [5.41, 5.74) is 4.17. The first-order valence-corrected chi connectivity index (χ1v) is 7.92. The van der Waals surface area contributed by atoms with Gasteiger partial charge in [-0.3, -0.25) is 0 Å². The molecular formula is C18H16N6O. The highest BCUT2D eigenvalue weighted by Gasteiger charge is 2.12. The van der Waals surface area contributed by atoms with Crippen LogP contribution in [0.2, 0.25) is 0 Å². The van der Waals surface area contributed by atoms with Crippen molar-refractivity contribution >= 4 is 0 Å². The molecule has 0 aliphatic carbocycles. The fraction of sp³-hybridized carbons (Fsp3) is 0.167. The van der Waals surface area contributed by atoms with Crippen molar-refractivity contribution < 1.29 is 4.42 Å². The molecule has 25 heavy (non-hydrogen) atoms. The van der Waals surface area contributed by atoms with Gasteiger partial charge in [0.2, 0.25) is 17.6 Å². The molecule has 0 aliphatic heterocycles. The SMILES string of the molecule is Cc1ccc(-c2nnn(Cc3nnc(-c4ccc(C)cc4)o3)n2)cc1. The first kappa shape index (κ1) is 15.2. The Hall–Kier alpha value is -3.35. The third-order valence-corrected chi connectivity index (χ3v) is 3.80. The minimum absolute atomic E-state index is 0.276. The molecular weight excluding hydrogens is 316 g/mol. The Morgan fingerprint density at radius 2 is 1.44 bits per heavy atom. The summed E-state index contributed by atoms with van der Waals surface area (Å²) in [5, 5.41) is 20.6. The first-order valence-electron chi connectivity index (χ1n) is 7.92. The van der Waals surface area contributed by atoms with Crippen molar-refractivity contribution in [3.63, 3.8) is 0 Å². The maximum absolute atomic E-state index is 5.69. The average Bonchev–Trinajstić information content (AvgIpc) is 3.27. The monoisotopic (exact) mass is 332 g/mol. The first-order chi connectivity index (χ1) is 12.2. The molecule has 7 nitrogen and oxygen atoms in total. The summed E-state index contributed by atoms with van der Waals surface area (Å²) in [6.07, 6.45) is 0. The number of nitrogens with zero attached hydrogens (tertiary/aromatic N) is 6. The van der Waals surface area contributed by atoms with Gasteiger partial charge in [0.05, 0.1) is 0 Å². The quantitative estimate of drug-likeness (QED) is 0.571. The van der Waals surface area contributed by atoms with Crippen LogP contribution in [0.15, 0.2) is 52.9 Å². The zero-order valence-electron chi connectivity index (χ0n) is 13.9. The Morgan fingerprint density at radius 1 is 0.800 bits per heavy atom. The molecule has 2 aromatic heterocycles. The maximum Gasteiger partial charge on any atom is 0.247 e. The Morgan fingerprint density at radius 3 is 2.12 bits per heavy atom. The van der Waals surface area contributed by atoms with Crippen LogP contribution in [0, 0.1) is 13.8 Å². The molecule has 0 atom stereocenters. The van der Waals surface area contributed by atoms with E-state index in [9.17, 15) is 0 Å². The van der Waals surface area contributed by atoms with Crippen molar-refractivity contribution in [2.45, 2.75) is 20.4 Å². The summed E-state index contributed by atoms with van der Waals surface area (Å²) in [6.45, 7) is 4.35. The fourth-order valence-electron chi connectivity index (χ4n) is 2.38. The van der Waals surface area contributed by atoms with E-state index < -0.39 is 0 Å². The third-order valence-electron chi connectivity index (χ3n) is 3.80. The second-order valence-corrected chi connectivity index (χ2v) is 5.88. The minimum Gasteiger partial charge on any atom is -0.419 e. The normalized spacial score (nSPS) is 11.0. The molecule has 124 valence electrons. The van der Waals surface area contributed by atoms with Crippen LogP contribution in [0.5, 0.6) is 0 Å². The second-order valence-electron chi connectivity index (χ2n) is 5.88. The second kappa shape index (κ2) is 6.27. The van der Waals surface area contributed by atoms with Crippen molar-refractivity contribution in [1.82, 2.24) is 30.4 Å². The molecule has 0 spiro atoms. The molecule has 4 rings (SSSR count). The number of tetrazole rings is 1. The molecule has 0 aliphatic rings. The van der Waals surface area contributed by atoms with Gasteiger partial charge >= 0.3 is 0 Å². The van der Waals surface area contributed by atoms with Crippen LogP contribution in [0.1, 0.15) is 17.0 Å². The van der Waals surface area contributed by atoms with E-state index in [4.69, 9.17) is 4.42 Å². The van der Waals surface area contributed by atoms with Gasteiger partial charge in [-0.05, 0) is 31.2 Å². The smallest absolute Gasteiger partial charge is 0.247 e. The molecule has 0 radical (unpaired) electrons. The van der Waals surface area contributed by atoms with Crippen LogP contribution in [-0.4, -0.2) is 30.4 Å². The molecule has 0 bridgehead atoms. The van der Waals surface area contributed by atoms with Gasteiger partial charge in [0, 0.05) is 11.1 Å². The van der Waals surface area contributed by atoms with E-state index in [0.717, 1.165) is 11.1 Å². The number of rotatable bonds is 4. The van der Waals surface area contributed by atoms with Crippen molar-refractivity contribution in [2.75, 3.05) is 0 Å². The predicted molar refractivity (Wildman–Crippen MR) is 91.6 cm³/mol. The number of aromatic nitrogens is 6. The van der Waals surface area contributed by atoms with Gasteiger partial charge in [0.15, 0.2) is 0 Å². The molecule has 2 heterocycles. The average molecular weight is 332 g/mol. The van der Waals surface area contributed by atoms with Crippen LogP contribution in [0.25, 0.3) is 22.8 Å². The van der Waals surface area contributed by atoms with Gasteiger partial charge in [0.25, 0.3) is 0 Å². The lowest BCUT2D eigenvalue weighted by Gasteiger charge is -1.96. The highest BCUT2D eigenvalue weighted by atomic mass is 16.4. The number of hydrogen-bond acceptors (Lipinski definition) is 6. The molecule has 0 unspecified atom stereocenters. The van der Waals surface area contributed by atoms with Crippen molar-refractivity contribution in [3.8, 4) is 22.8 Å². The van der Waals surface area contributed by atoms with E-state index in [0.29, 0.717) is 17.6 Å². The molecule has 0 N–H and O–H groups in total. The standard InChI is InChI=1S/C18H16N6O/c1-12-3-7-14(8-4-12)17-20-23-24(22-17)11-16-19-21-18(25-16)15-9-5-13(2)6-10-15/h3-10H,11H2,1-2H3. The molecule has 2 aromatic carbocycles. The van der Waals surface area contributed by atoms with E-state index in [1.807, 2.05) is 62.4 Å². The number of hydrogen-bond donors (Lipinski definition) is 0. The highest BCUT2D eigenvalue weighted by molar-refractivity contribution is 5.54. The predicted octanol–water partition coefficient (Wildman–Crippen LogP) is 3.06. The highest BCUT2D eigenvalue weighted by Crippen LogP contribution is 2.19. The molecule has 0 fully saturated rings.